The van der Waals surface area contributed by atoms with Gasteiger partial charge in [-0.05, 0) is 5.56 Å². The van der Waals surface area contributed by atoms with Gasteiger partial charge in [0, 0.05) is 13.5 Å². The lowest BCUT2D eigenvalue weighted by molar-refractivity contribution is -0.176. The van der Waals surface area contributed by atoms with E-state index >= 15 is 0 Å². The molecule has 0 radical (unpaired) electrons. The van der Waals surface area contributed by atoms with Crippen LogP contribution >= 0.6 is 0 Å². The number of carboxylic acid groups (broad SMARTS) is 1. The fraction of sp³-hybridized carbons (Fsp3) is 0.364. The summed E-state index contributed by atoms with van der Waals surface area (Å²) in [6.45, 7) is 0. The van der Waals surface area contributed by atoms with Gasteiger partial charge in [-0.25, -0.2) is 4.79 Å². The van der Waals surface area contributed by atoms with Gasteiger partial charge in [-0.1, -0.05) is 30.3 Å². The van der Waals surface area contributed by atoms with Crippen LogP contribution in [0.25, 0.3) is 0 Å². The summed E-state index contributed by atoms with van der Waals surface area (Å²) in [5, 5.41) is 10.5. The molecule has 4 heteroatoms. The van der Waals surface area contributed by atoms with Gasteiger partial charge in [0.15, 0.2) is 6.10 Å². The normalized spacial score (nSPS) is 26.7. The maximum atomic E-state index is 10.8. The highest BCUT2D eigenvalue weighted by Crippen LogP contribution is 2.32. The second kappa shape index (κ2) is 4.00. The quantitative estimate of drug-likeness (QED) is 0.797. The van der Waals surface area contributed by atoms with Crippen LogP contribution < -0.4 is 0 Å². The summed E-state index contributed by atoms with van der Waals surface area (Å²) in [6, 6.07) is 9.82. The number of carboxylic acids is 1. The van der Waals surface area contributed by atoms with Crippen molar-refractivity contribution in [2.24, 2.45) is 0 Å². The first-order valence-corrected chi connectivity index (χ1v) is 4.86. The van der Waals surface area contributed by atoms with Crippen LogP contribution in [0, 0.1) is 0 Å². The van der Waals surface area contributed by atoms with Crippen molar-refractivity contribution in [1.82, 2.24) is 5.06 Å². The van der Waals surface area contributed by atoms with Gasteiger partial charge < -0.3 is 5.11 Å². The van der Waals surface area contributed by atoms with E-state index in [2.05, 4.69) is 0 Å². The molecular weight excluding hydrogens is 194 g/mol. The van der Waals surface area contributed by atoms with Crippen LogP contribution in [0.2, 0.25) is 0 Å². The molecule has 2 atom stereocenters. The summed E-state index contributed by atoms with van der Waals surface area (Å²) < 4.78 is 0. The van der Waals surface area contributed by atoms with Gasteiger partial charge in [0.2, 0.25) is 0 Å². The van der Waals surface area contributed by atoms with Gasteiger partial charge >= 0.3 is 5.97 Å². The summed E-state index contributed by atoms with van der Waals surface area (Å²) >= 11 is 0. The number of nitrogens with zero attached hydrogens (tertiary/aromatic N) is 1. The third kappa shape index (κ3) is 2.00. The van der Waals surface area contributed by atoms with E-state index in [1.54, 1.807) is 12.1 Å². The molecule has 0 amide bonds. The zero-order valence-electron chi connectivity index (χ0n) is 8.46. The third-order valence-corrected chi connectivity index (χ3v) is 2.63. The Balaban J connectivity index is 2.15. The van der Waals surface area contributed by atoms with Gasteiger partial charge in [0.1, 0.15) is 0 Å². The number of hydroxylamine groups is 2. The third-order valence-electron chi connectivity index (χ3n) is 2.63. The van der Waals surface area contributed by atoms with E-state index < -0.39 is 12.1 Å². The first kappa shape index (κ1) is 10.1. The van der Waals surface area contributed by atoms with Gasteiger partial charge in [-0.3, -0.25) is 4.84 Å². The lowest BCUT2D eigenvalue weighted by Crippen LogP contribution is -2.21. The van der Waals surface area contributed by atoms with E-state index in [4.69, 9.17) is 9.94 Å². The number of hydrogen-bond acceptors (Lipinski definition) is 3. The van der Waals surface area contributed by atoms with Crippen molar-refractivity contribution < 1.29 is 14.7 Å². The predicted molar refractivity (Wildman–Crippen MR) is 54.1 cm³/mol. The first-order valence-electron chi connectivity index (χ1n) is 4.86. The Kier molecular flexibility index (Phi) is 2.70. The minimum Gasteiger partial charge on any atom is -0.479 e. The highest BCUT2D eigenvalue weighted by Gasteiger charge is 2.36. The molecule has 0 saturated carbocycles. The largest absolute Gasteiger partial charge is 0.479 e. The number of benzene rings is 1. The van der Waals surface area contributed by atoms with Crippen molar-refractivity contribution in [3.63, 3.8) is 0 Å². The molecule has 1 aromatic carbocycles. The standard InChI is InChI=1S/C11H13NO3/c1-12-9(7-10(15-12)11(13)14)8-5-3-2-4-6-8/h2-6,9-10H,7H2,1H3,(H,13,14). The van der Waals surface area contributed by atoms with Crippen LogP contribution in [0.3, 0.4) is 0 Å². The van der Waals surface area contributed by atoms with Crippen molar-refractivity contribution in [2.75, 3.05) is 7.05 Å². The maximum absolute atomic E-state index is 10.8. The zero-order valence-corrected chi connectivity index (χ0v) is 8.46. The fourth-order valence-electron chi connectivity index (χ4n) is 1.84. The Morgan fingerprint density at radius 2 is 2.13 bits per heavy atom. The van der Waals surface area contributed by atoms with E-state index in [9.17, 15) is 4.79 Å². The molecule has 15 heavy (non-hydrogen) atoms. The molecule has 0 spiro atoms. The minimum absolute atomic E-state index is 0.0345. The van der Waals surface area contributed by atoms with E-state index in [0.29, 0.717) is 6.42 Å². The predicted octanol–water partition coefficient (Wildman–Crippen LogP) is 1.45. The average Bonchev–Trinajstić information content (AvgIpc) is 2.62. The molecule has 2 rings (SSSR count). The van der Waals surface area contributed by atoms with Crippen LogP contribution in [0.15, 0.2) is 30.3 Å². The summed E-state index contributed by atoms with van der Waals surface area (Å²) in [4.78, 5) is 16.0. The number of aliphatic carboxylic acids is 1. The maximum Gasteiger partial charge on any atom is 0.335 e. The van der Waals surface area contributed by atoms with Crippen molar-refractivity contribution in [3.8, 4) is 0 Å². The number of hydrogen-bond donors (Lipinski definition) is 1. The van der Waals surface area contributed by atoms with E-state index in [-0.39, 0.29) is 6.04 Å². The molecule has 0 aliphatic carbocycles. The molecule has 4 nitrogen and oxygen atoms in total. The molecule has 80 valence electrons. The molecular formula is C11H13NO3. The van der Waals surface area contributed by atoms with Crippen LogP contribution in [0.5, 0.6) is 0 Å². The molecule has 0 aromatic heterocycles. The monoisotopic (exact) mass is 207 g/mol. The van der Waals surface area contributed by atoms with Gasteiger partial charge in [-0.15, -0.1) is 0 Å². The smallest absolute Gasteiger partial charge is 0.335 e. The van der Waals surface area contributed by atoms with Crippen LogP contribution in [0.1, 0.15) is 18.0 Å². The van der Waals surface area contributed by atoms with Crippen molar-refractivity contribution >= 4 is 5.97 Å². The Labute approximate surface area is 88.0 Å². The second-order valence-corrected chi connectivity index (χ2v) is 3.64. The summed E-state index contributed by atoms with van der Waals surface area (Å²) in [6.07, 6.45) is -0.226. The molecule has 1 aliphatic rings. The summed E-state index contributed by atoms with van der Waals surface area (Å²) in [7, 11) is 1.76. The Hall–Kier alpha value is -1.39. The van der Waals surface area contributed by atoms with E-state index in [0.717, 1.165) is 5.56 Å². The number of rotatable bonds is 2. The van der Waals surface area contributed by atoms with Gasteiger partial charge in [-0.2, -0.15) is 5.06 Å². The zero-order chi connectivity index (χ0) is 10.8. The van der Waals surface area contributed by atoms with Crippen molar-refractivity contribution in [1.29, 1.82) is 0 Å². The van der Waals surface area contributed by atoms with Gasteiger partial charge in [0.25, 0.3) is 0 Å². The average molecular weight is 207 g/mol. The summed E-state index contributed by atoms with van der Waals surface area (Å²) in [5.41, 5.74) is 1.09. The lowest BCUT2D eigenvalue weighted by Gasteiger charge is -2.17. The summed E-state index contributed by atoms with van der Waals surface area (Å²) in [5.74, 6) is -0.903. The molecule has 1 fully saturated rings. The first-order chi connectivity index (χ1) is 7.18. The van der Waals surface area contributed by atoms with Crippen LogP contribution in [0.4, 0.5) is 0 Å². The molecule has 1 aliphatic heterocycles. The van der Waals surface area contributed by atoms with Crippen molar-refractivity contribution in [2.45, 2.75) is 18.6 Å². The highest BCUT2D eigenvalue weighted by atomic mass is 16.7. The molecule has 0 bridgehead atoms. The Morgan fingerprint density at radius 3 is 2.67 bits per heavy atom. The molecule has 1 saturated heterocycles. The second-order valence-electron chi connectivity index (χ2n) is 3.64. The highest BCUT2D eigenvalue weighted by molar-refractivity contribution is 5.72. The lowest BCUT2D eigenvalue weighted by atomic mass is 10.0. The number of carbonyl (C=O) groups is 1. The van der Waals surface area contributed by atoms with E-state index in [1.165, 1.54) is 0 Å². The fourth-order valence-corrected chi connectivity index (χ4v) is 1.84. The molecule has 2 unspecified atom stereocenters. The Morgan fingerprint density at radius 1 is 1.47 bits per heavy atom. The van der Waals surface area contributed by atoms with Crippen LogP contribution in [-0.4, -0.2) is 29.3 Å². The van der Waals surface area contributed by atoms with Gasteiger partial charge in [0.05, 0.1) is 6.04 Å². The molecule has 1 heterocycles. The SMILES string of the molecule is CN1OC(C(=O)O)CC1c1ccccc1. The van der Waals surface area contributed by atoms with Crippen LogP contribution in [-0.2, 0) is 9.63 Å². The topological polar surface area (TPSA) is 49.8 Å². The minimum atomic E-state index is -0.903. The molecule has 1 N–H and O–H groups in total. The Bertz CT molecular complexity index is 352. The van der Waals surface area contributed by atoms with Crippen molar-refractivity contribution in [3.05, 3.63) is 35.9 Å². The van der Waals surface area contributed by atoms with E-state index in [1.807, 2.05) is 30.3 Å². The molecule has 1 aromatic rings.